The Balaban J connectivity index is 0.00000243. The first-order chi connectivity index (χ1) is 12.1. The van der Waals surface area contributed by atoms with E-state index in [1.807, 2.05) is 18.2 Å². The lowest BCUT2D eigenvalue weighted by molar-refractivity contribution is -0.132. The molecular formula is C19H21Cl2FN2O2. The van der Waals surface area contributed by atoms with E-state index in [4.69, 9.17) is 22.1 Å². The van der Waals surface area contributed by atoms with E-state index < -0.39 is 6.10 Å². The third kappa shape index (κ3) is 4.95. The Morgan fingerprint density at radius 3 is 2.50 bits per heavy atom. The van der Waals surface area contributed by atoms with Gasteiger partial charge >= 0.3 is 0 Å². The minimum Gasteiger partial charge on any atom is -0.364 e. The molecule has 0 radical (unpaired) electrons. The number of hydrogen-bond acceptors (Lipinski definition) is 3. The Labute approximate surface area is 163 Å². The Hall–Kier alpha value is -1.66. The molecule has 1 fully saturated rings. The highest BCUT2D eigenvalue weighted by Gasteiger charge is 2.29. The zero-order valence-electron chi connectivity index (χ0n) is 14.1. The Bertz CT molecular complexity index is 756. The largest absolute Gasteiger partial charge is 0.364 e. The molecule has 1 amide bonds. The summed E-state index contributed by atoms with van der Waals surface area (Å²) in [5.41, 5.74) is 7.61. The van der Waals surface area contributed by atoms with Gasteiger partial charge in [-0.25, -0.2) is 4.39 Å². The highest BCUT2D eigenvalue weighted by Crippen LogP contribution is 2.24. The van der Waals surface area contributed by atoms with Gasteiger partial charge in [-0.1, -0.05) is 35.9 Å². The minimum absolute atomic E-state index is 0. The molecule has 2 aromatic carbocycles. The average Bonchev–Trinajstić information content (AvgIpc) is 3.10. The Kier molecular flexibility index (Phi) is 7.41. The predicted octanol–water partition coefficient (Wildman–Crippen LogP) is 3.69. The van der Waals surface area contributed by atoms with Crippen LogP contribution in [0.5, 0.6) is 0 Å². The predicted molar refractivity (Wildman–Crippen MR) is 103 cm³/mol. The fraction of sp³-hybridized carbons (Fsp3) is 0.316. The number of nitrogens with two attached hydrogens (primary N) is 1. The van der Waals surface area contributed by atoms with Gasteiger partial charge in [-0.2, -0.15) is 0 Å². The van der Waals surface area contributed by atoms with Crippen LogP contribution in [0.2, 0.25) is 5.02 Å². The molecule has 1 saturated heterocycles. The smallest absolute Gasteiger partial charge is 0.249 e. The summed E-state index contributed by atoms with van der Waals surface area (Å²) in [6, 6.07) is 12.2. The lowest BCUT2D eigenvalue weighted by Crippen LogP contribution is -2.35. The fourth-order valence-electron chi connectivity index (χ4n) is 2.88. The van der Waals surface area contributed by atoms with Gasteiger partial charge in [-0.15, -0.1) is 12.4 Å². The van der Waals surface area contributed by atoms with E-state index >= 15 is 0 Å². The number of halogens is 3. The number of amides is 1. The number of hydrogen-bond donors (Lipinski definition) is 2. The van der Waals surface area contributed by atoms with Crippen LogP contribution in [-0.2, 0) is 16.1 Å². The van der Waals surface area contributed by atoms with Crippen molar-refractivity contribution in [1.29, 1.82) is 0 Å². The number of ether oxygens (including phenoxy) is 1. The van der Waals surface area contributed by atoms with E-state index in [2.05, 4.69) is 5.32 Å². The van der Waals surface area contributed by atoms with Crippen molar-refractivity contribution in [2.75, 3.05) is 6.54 Å². The van der Waals surface area contributed by atoms with Gasteiger partial charge in [-0.05, 0) is 42.2 Å². The van der Waals surface area contributed by atoms with Gasteiger partial charge in [0.25, 0.3) is 0 Å². The summed E-state index contributed by atoms with van der Waals surface area (Å²) < 4.78 is 19.9. The van der Waals surface area contributed by atoms with Crippen LogP contribution >= 0.6 is 24.0 Å². The van der Waals surface area contributed by atoms with Crippen molar-refractivity contribution in [1.82, 2.24) is 5.32 Å². The topological polar surface area (TPSA) is 64.4 Å². The van der Waals surface area contributed by atoms with Gasteiger partial charge in [0.2, 0.25) is 5.91 Å². The molecule has 3 N–H and O–H groups in total. The van der Waals surface area contributed by atoms with Crippen molar-refractivity contribution < 1.29 is 13.9 Å². The van der Waals surface area contributed by atoms with Crippen LogP contribution in [0.15, 0.2) is 42.5 Å². The molecule has 2 atom stereocenters. The quantitative estimate of drug-likeness (QED) is 0.806. The lowest BCUT2D eigenvalue weighted by atomic mass is 10.0. The van der Waals surface area contributed by atoms with E-state index in [0.29, 0.717) is 23.6 Å². The Morgan fingerprint density at radius 1 is 1.19 bits per heavy atom. The molecule has 140 valence electrons. The minimum atomic E-state index is -0.495. The molecule has 3 rings (SSSR count). The molecule has 0 aromatic heterocycles. The molecule has 0 aliphatic carbocycles. The number of nitrogens with one attached hydrogen (secondary N) is 1. The molecule has 26 heavy (non-hydrogen) atoms. The van der Waals surface area contributed by atoms with Gasteiger partial charge in [-0.3, -0.25) is 4.79 Å². The lowest BCUT2D eigenvalue weighted by Gasteiger charge is -2.13. The first-order valence-electron chi connectivity index (χ1n) is 8.24. The van der Waals surface area contributed by atoms with Gasteiger partial charge in [0, 0.05) is 23.7 Å². The summed E-state index contributed by atoms with van der Waals surface area (Å²) in [4.78, 5) is 12.1. The van der Waals surface area contributed by atoms with Crippen molar-refractivity contribution >= 4 is 29.9 Å². The van der Waals surface area contributed by atoms with Crippen molar-refractivity contribution in [2.45, 2.75) is 31.6 Å². The number of carbonyl (C=O) groups is 1. The molecule has 1 heterocycles. The molecule has 4 nitrogen and oxygen atoms in total. The summed E-state index contributed by atoms with van der Waals surface area (Å²) in [5.74, 6) is -0.586. The molecular weight excluding hydrogens is 378 g/mol. The van der Waals surface area contributed by atoms with Gasteiger partial charge in [0.15, 0.2) is 0 Å². The maximum Gasteiger partial charge on any atom is 0.249 e. The van der Waals surface area contributed by atoms with Crippen molar-refractivity contribution in [3.05, 3.63) is 58.9 Å². The summed E-state index contributed by atoms with van der Waals surface area (Å²) in [6.45, 7) is 0.531. The summed E-state index contributed by atoms with van der Waals surface area (Å²) in [5, 5.41) is 3.36. The zero-order valence-corrected chi connectivity index (χ0v) is 15.7. The molecule has 7 heteroatoms. The molecule has 2 aromatic rings. The van der Waals surface area contributed by atoms with Crippen LogP contribution in [0.3, 0.4) is 0 Å². The molecule has 0 spiro atoms. The van der Waals surface area contributed by atoms with Crippen LogP contribution < -0.4 is 11.1 Å². The normalized spacial score (nSPS) is 19.0. The Morgan fingerprint density at radius 2 is 1.88 bits per heavy atom. The van der Waals surface area contributed by atoms with E-state index in [1.54, 1.807) is 18.2 Å². The standard InChI is InChI=1S/C19H20ClFN2O2.ClH/c20-15-5-3-12(4-6-15)13-1-2-14(17(21)9-13)11-23-19(24)18-8-7-16(10-22)25-18;/h1-6,9,16,18H,7-8,10-11,22H2,(H,23,24);1H/t16-,18+;/m1./s1. The van der Waals surface area contributed by atoms with Crippen LogP contribution in [0.1, 0.15) is 18.4 Å². The molecule has 0 unspecified atom stereocenters. The van der Waals surface area contributed by atoms with E-state index in [1.165, 1.54) is 6.07 Å². The molecule has 0 bridgehead atoms. The zero-order chi connectivity index (χ0) is 17.8. The third-order valence-electron chi connectivity index (χ3n) is 4.35. The molecule has 0 saturated carbocycles. The van der Waals surface area contributed by atoms with E-state index in [0.717, 1.165) is 17.5 Å². The maximum absolute atomic E-state index is 14.3. The fourth-order valence-corrected chi connectivity index (χ4v) is 3.01. The van der Waals surface area contributed by atoms with E-state index in [-0.39, 0.29) is 36.8 Å². The third-order valence-corrected chi connectivity index (χ3v) is 4.60. The van der Waals surface area contributed by atoms with Crippen LogP contribution in [0.4, 0.5) is 4.39 Å². The van der Waals surface area contributed by atoms with Crippen molar-refractivity contribution in [3.8, 4) is 11.1 Å². The first-order valence-corrected chi connectivity index (χ1v) is 8.62. The summed E-state index contributed by atoms with van der Waals surface area (Å²) in [7, 11) is 0. The maximum atomic E-state index is 14.3. The second-order valence-electron chi connectivity index (χ2n) is 6.09. The van der Waals surface area contributed by atoms with Crippen LogP contribution in [-0.4, -0.2) is 24.7 Å². The van der Waals surface area contributed by atoms with Crippen LogP contribution in [0, 0.1) is 5.82 Å². The second kappa shape index (κ2) is 9.33. The SMILES string of the molecule is Cl.NC[C@H]1CC[C@@H](C(=O)NCc2ccc(-c3ccc(Cl)cc3)cc2F)O1. The second-order valence-corrected chi connectivity index (χ2v) is 6.53. The monoisotopic (exact) mass is 398 g/mol. The summed E-state index contributed by atoms with van der Waals surface area (Å²) >= 11 is 5.87. The van der Waals surface area contributed by atoms with Gasteiger partial charge in [0.05, 0.1) is 6.10 Å². The van der Waals surface area contributed by atoms with Crippen LogP contribution in [0.25, 0.3) is 11.1 Å². The van der Waals surface area contributed by atoms with Crippen molar-refractivity contribution in [2.24, 2.45) is 5.73 Å². The average molecular weight is 399 g/mol. The number of benzene rings is 2. The number of carbonyl (C=O) groups excluding carboxylic acids is 1. The number of rotatable bonds is 5. The first kappa shape index (κ1) is 20.6. The highest BCUT2D eigenvalue weighted by atomic mass is 35.5. The van der Waals surface area contributed by atoms with Crippen molar-refractivity contribution in [3.63, 3.8) is 0 Å². The highest BCUT2D eigenvalue weighted by molar-refractivity contribution is 6.30. The van der Waals surface area contributed by atoms with Gasteiger partial charge < -0.3 is 15.8 Å². The van der Waals surface area contributed by atoms with Gasteiger partial charge in [0.1, 0.15) is 11.9 Å². The molecule has 1 aliphatic heterocycles. The molecule has 1 aliphatic rings. The summed E-state index contributed by atoms with van der Waals surface area (Å²) in [6.07, 6.45) is 0.862. The van der Waals surface area contributed by atoms with E-state index in [9.17, 15) is 9.18 Å².